The lowest BCUT2D eigenvalue weighted by atomic mass is 10.1. The molecule has 0 bridgehead atoms. The van der Waals surface area contributed by atoms with E-state index in [0.717, 1.165) is 0 Å². The molecule has 156 valence electrons. The number of amides is 2. The SMILES string of the molecule is COc1ccc2c(c1OC)C(=O)OC2N1C(=O)CCC1C(=O)Nc1ccccc1F. The third-order valence-electron chi connectivity index (χ3n) is 5.21. The highest BCUT2D eigenvalue weighted by atomic mass is 19.1. The van der Waals surface area contributed by atoms with Crippen LogP contribution in [-0.4, -0.2) is 42.9 Å². The van der Waals surface area contributed by atoms with Gasteiger partial charge in [0.15, 0.2) is 11.5 Å². The zero-order chi connectivity index (χ0) is 21.4. The van der Waals surface area contributed by atoms with E-state index in [9.17, 15) is 18.8 Å². The number of para-hydroxylation sites is 1. The summed E-state index contributed by atoms with van der Waals surface area (Å²) >= 11 is 0. The number of methoxy groups -OCH3 is 2. The number of hydrogen-bond donors (Lipinski definition) is 1. The lowest BCUT2D eigenvalue weighted by Gasteiger charge is -2.29. The van der Waals surface area contributed by atoms with Gasteiger partial charge in [-0.3, -0.25) is 14.5 Å². The maximum Gasteiger partial charge on any atom is 0.344 e. The van der Waals surface area contributed by atoms with Crippen LogP contribution in [0.25, 0.3) is 0 Å². The van der Waals surface area contributed by atoms with Gasteiger partial charge >= 0.3 is 5.97 Å². The number of nitrogens with one attached hydrogen (secondary N) is 1. The van der Waals surface area contributed by atoms with Crippen molar-refractivity contribution in [2.75, 3.05) is 19.5 Å². The van der Waals surface area contributed by atoms with E-state index < -0.39 is 30.0 Å². The molecule has 2 aromatic rings. The molecule has 1 saturated heterocycles. The molecule has 2 aromatic carbocycles. The van der Waals surface area contributed by atoms with Gasteiger partial charge in [0, 0.05) is 12.0 Å². The number of anilines is 1. The van der Waals surface area contributed by atoms with Crippen molar-refractivity contribution < 1.29 is 33.0 Å². The Labute approximate surface area is 171 Å². The van der Waals surface area contributed by atoms with Crippen molar-refractivity contribution >= 4 is 23.5 Å². The summed E-state index contributed by atoms with van der Waals surface area (Å²) in [5.74, 6) is -1.63. The van der Waals surface area contributed by atoms with Gasteiger partial charge < -0.3 is 19.5 Å². The topological polar surface area (TPSA) is 94.2 Å². The minimum atomic E-state index is -1.08. The molecule has 2 amide bonds. The first-order valence-corrected chi connectivity index (χ1v) is 9.28. The van der Waals surface area contributed by atoms with Crippen LogP contribution in [0.5, 0.6) is 11.5 Å². The van der Waals surface area contributed by atoms with Crippen molar-refractivity contribution in [3.05, 3.63) is 53.3 Å². The van der Waals surface area contributed by atoms with E-state index in [4.69, 9.17) is 14.2 Å². The van der Waals surface area contributed by atoms with Gasteiger partial charge in [-0.2, -0.15) is 0 Å². The Morgan fingerprint density at radius 1 is 1.17 bits per heavy atom. The van der Waals surface area contributed by atoms with Crippen LogP contribution in [0, 0.1) is 5.82 Å². The third kappa shape index (κ3) is 3.12. The smallest absolute Gasteiger partial charge is 0.344 e. The van der Waals surface area contributed by atoms with Gasteiger partial charge in [-0.15, -0.1) is 0 Å². The number of rotatable bonds is 5. The highest BCUT2D eigenvalue weighted by Gasteiger charge is 2.47. The molecular formula is C21H19FN2O6. The van der Waals surface area contributed by atoms with Gasteiger partial charge in [0.05, 0.1) is 19.9 Å². The number of fused-ring (bicyclic) bond motifs is 1. The molecule has 2 heterocycles. The van der Waals surface area contributed by atoms with Crippen molar-refractivity contribution in [1.29, 1.82) is 0 Å². The molecule has 0 aliphatic carbocycles. The predicted molar refractivity (Wildman–Crippen MR) is 103 cm³/mol. The standard InChI is InChI=1S/C21H19FN2O6/c1-28-15-9-7-11-17(18(15)29-2)21(27)30-20(11)24-14(8-10-16(24)25)19(26)23-13-6-4-3-5-12(13)22/h3-7,9,14,20H,8,10H2,1-2H3,(H,23,26). The number of benzene rings is 2. The summed E-state index contributed by atoms with van der Waals surface area (Å²) in [7, 11) is 2.83. The van der Waals surface area contributed by atoms with Crippen LogP contribution >= 0.6 is 0 Å². The minimum absolute atomic E-state index is 0.0111. The second-order valence-corrected chi connectivity index (χ2v) is 6.85. The normalized spacial score (nSPS) is 20.0. The first kappa shape index (κ1) is 19.7. The van der Waals surface area contributed by atoms with E-state index in [2.05, 4.69) is 5.32 Å². The fourth-order valence-corrected chi connectivity index (χ4v) is 3.82. The molecule has 0 aromatic heterocycles. The highest BCUT2D eigenvalue weighted by molar-refractivity contribution is 6.01. The van der Waals surface area contributed by atoms with E-state index >= 15 is 0 Å². The van der Waals surface area contributed by atoms with Crippen LogP contribution in [0.3, 0.4) is 0 Å². The van der Waals surface area contributed by atoms with Gasteiger partial charge in [-0.1, -0.05) is 12.1 Å². The molecule has 2 aliphatic rings. The quantitative estimate of drug-likeness (QED) is 0.756. The summed E-state index contributed by atoms with van der Waals surface area (Å²) in [5, 5.41) is 2.51. The number of carbonyl (C=O) groups is 3. The first-order valence-electron chi connectivity index (χ1n) is 9.28. The van der Waals surface area contributed by atoms with Gasteiger partial charge in [0.2, 0.25) is 18.0 Å². The molecule has 0 saturated carbocycles. The fraction of sp³-hybridized carbons (Fsp3) is 0.286. The first-order chi connectivity index (χ1) is 14.5. The minimum Gasteiger partial charge on any atom is -0.493 e. The molecule has 30 heavy (non-hydrogen) atoms. The predicted octanol–water partition coefficient (Wildman–Crippen LogP) is 2.64. The van der Waals surface area contributed by atoms with Crippen molar-refractivity contribution in [1.82, 2.24) is 4.90 Å². The lowest BCUT2D eigenvalue weighted by Crippen LogP contribution is -2.44. The fourth-order valence-electron chi connectivity index (χ4n) is 3.82. The maximum atomic E-state index is 13.9. The molecule has 0 radical (unpaired) electrons. The molecule has 9 heteroatoms. The van der Waals surface area contributed by atoms with Crippen LogP contribution in [0.4, 0.5) is 10.1 Å². The Bertz CT molecular complexity index is 1040. The Morgan fingerprint density at radius 3 is 2.63 bits per heavy atom. The zero-order valence-corrected chi connectivity index (χ0v) is 16.3. The number of hydrogen-bond acceptors (Lipinski definition) is 6. The summed E-state index contributed by atoms with van der Waals surface area (Å²) in [5.41, 5.74) is 0.559. The number of esters is 1. The van der Waals surface area contributed by atoms with Crippen molar-refractivity contribution in [3.8, 4) is 11.5 Å². The van der Waals surface area contributed by atoms with Gasteiger partial charge in [-0.25, -0.2) is 9.18 Å². The largest absolute Gasteiger partial charge is 0.493 e. The molecule has 4 rings (SSSR count). The number of cyclic esters (lactones) is 1. The van der Waals surface area contributed by atoms with Crippen molar-refractivity contribution in [2.45, 2.75) is 25.1 Å². The number of likely N-dealkylation sites (tertiary alicyclic amines) is 1. The average molecular weight is 414 g/mol. The van der Waals surface area contributed by atoms with Crippen LogP contribution in [-0.2, 0) is 14.3 Å². The van der Waals surface area contributed by atoms with Crippen LogP contribution in [0.1, 0.15) is 35.0 Å². The van der Waals surface area contributed by atoms with Crippen molar-refractivity contribution in [3.63, 3.8) is 0 Å². The third-order valence-corrected chi connectivity index (χ3v) is 5.21. The molecule has 8 nitrogen and oxygen atoms in total. The molecule has 2 unspecified atom stereocenters. The van der Waals surface area contributed by atoms with Crippen LogP contribution < -0.4 is 14.8 Å². The summed E-state index contributed by atoms with van der Waals surface area (Å²) in [6, 6.07) is 8.02. The number of carbonyl (C=O) groups excluding carboxylic acids is 3. The highest BCUT2D eigenvalue weighted by Crippen LogP contribution is 2.45. The number of halogens is 1. The van der Waals surface area contributed by atoms with E-state index in [0.29, 0.717) is 11.3 Å². The molecular weight excluding hydrogens is 395 g/mol. The Morgan fingerprint density at radius 2 is 1.93 bits per heavy atom. The van der Waals surface area contributed by atoms with Crippen LogP contribution in [0.15, 0.2) is 36.4 Å². The maximum absolute atomic E-state index is 13.9. The average Bonchev–Trinajstić information content (AvgIpc) is 3.28. The lowest BCUT2D eigenvalue weighted by molar-refractivity contribution is -0.144. The molecule has 0 spiro atoms. The Kier molecular flexibility index (Phi) is 5.03. The summed E-state index contributed by atoms with van der Waals surface area (Å²) in [6.45, 7) is 0. The molecule has 2 aliphatic heterocycles. The Hall–Kier alpha value is -3.62. The van der Waals surface area contributed by atoms with E-state index in [1.165, 1.54) is 37.3 Å². The monoisotopic (exact) mass is 414 g/mol. The summed E-state index contributed by atoms with van der Waals surface area (Å²) < 4.78 is 29.9. The van der Waals surface area contributed by atoms with Crippen molar-refractivity contribution in [2.24, 2.45) is 0 Å². The van der Waals surface area contributed by atoms with Gasteiger partial charge in [0.1, 0.15) is 17.4 Å². The second-order valence-electron chi connectivity index (χ2n) is 6.85. The van der Waals surface area contributed by atoms with E-state index in [1.54, 1.807) is 18.2 Å². The number of nitrogens with zero attached hydrogens (tertiary/aromatic N) is 1. The molecule has 2 atom stereocenters. The zero-order valence-electron chi connectivity index (χ0n) is 16.3. The second kappa shape index (κ2) is 7.66. The van der Waals surface area contributed by atoms with E-state index in [1.807, 2.05) is 0 Å². The molecule has 1 N–H and O–H groups in total. The summed E-state index contributed by atoms with van der Waals surface area (Å²) in [6.07, 6.45) is -0.763. The van der Waals surface area contributed by atoms with Gasteiger partial charge in [0.25, 0.3) is 0 Å². The van der Waals surface area contributed by atoms with E-state index in [-0.39, 0.29) is 35.7 Å². The van der Waals surface area contributed by atoms with Gasteiger partial charge in [-0.05, 0) is 30.7 Å². The van der Waals surface area contributed by atoms with Crippen LogP contribution in [0.2, 0.25) is 0 Å². The molecule has 1 fully saturated rings. The Balaban J connectivity index is 1.67. The summed E-state index contributed by atoms with van der Waals surface area (Å²) in [4.78, 5) is 39.2. The number of ether oxygens (including phenoxy) is 3.